The normalized spacial score (nSPS) is 24.1. The molecule has 1 saturated heterocycles. The molecule has 6 heteroatoms. The fourth-order valence-electron chi connectivity index (χ4n) is 2.21. The molecule has 0 saturated carbocycles. The summed E-state index contributed by atoms with van der Waals surface area (Å²) in [5.41, 5.74) is -0.533. The topological polar surface area (TPSA) is 78.9 Å². The Labute approximate surface area is 114 Å². The van der Waals surface area contributed by atoms with Crippen molar-refractivity contribution in [1.82, 2.24) is 10.2 Å². The molecule has 0 aromatic rings. The van der Waals surface area contributed by atoms with Crippen LogP contribution in [0.5, 0.6) is 0 Å². The van der Waals surface area contributed by atoms with Gasteiger partial charge in [-0.15, -0.1) is 0 Å². The SMILES string of the molecule is CCNC1CN(C(=O)OC(C)(C)C)CCC1C(=O)O. The van der Waals surface area contributed by atoms with Gasteiger partial charge in [-0.25, -0.2) is 4.79 Å². The number of hydrogen-bond donors (Lipinski definition) is 2. The minimum atomic E-state index is -0.810. The lowest BCUT2D eigenvalue weighted by Gasteiger charge is -2.37. The van der Waals surface area contributed by atoms with Gasteiger partial charge in [-0.05, 0) is 33.7 Å². The van der Waals surface area contributed by atoms with Crippen molar-refractivity contribution in [2.45, 2.75) is 45.8 Å². The Morgan fingerprint density at radius 2 is 2.05 bits per heavy atom. The molecule has 1 rings (SSSR count). The first kappa shape index (κ1) is 15.8. The van der Waals surface area contributed by atoms with Crippen LogP contribution in [-0.4, -0.2) is 53.3 Å². The Morgan fingerprint density at radius 1 is 1.42 bits per heavy atom. The zero-order valence-electron chi connectivity index (χ0n) is 12.1. The van der Waals surface area contributed by atoms with Crippen LogP contribution < -0.4 is 5.32 Å². The molecule has 1 fully saturated rings. The molecule has 0 aromatic carbocycles. The molecule has 1 amide bonds. The van der Waals surface area contributed by atoms with Crippen LogP contribution in [0.3, 0.4) is 0 Å². The van der Waals surface area contributed by atoms with Gasteiger partial charge < -0.3 is 20.1 Å². The maximum atomic E-state index is 12.0. The first-order valence-electron chi connectivity index (χ1n) is 6.68. The maximum Gasteiger partial charge on any atom is 0.410 e. The van der Waals surface area contributed by atoms with E-state index in [1.807, 2.05) is 27.7 Å². The van der Waals surface area contributed by atoms with E-state index in [-0.39, 0.29) is 12.1 Å². The first-order valence-corrected chi connectivity index (χ1v) is 6.68. The van der Waals surface area contributed by atoms with Gasteiger partial charge in [-0.3, -0.25) is 4.79 Å². The van der Waals surface area contributed by atoms with Crippen molar-refractivity contribution in [1.29, 1.82) is 0 Å². The summed E-state index contributed by atoms with van der Waals surface area (Å²) >= 11 is 0. The lowest BCUT2D eigenvalue weighted by molar-refractivity contribution is -0.144. The number of aliphatic carboxylic acids is 1. The van der Waals surface area contributed by atoms with Crippen molar-refractivity contribution in [3.63, 3.8) is 0 Å². The molecule has 19 heavy (non-hydrogen) atoms. The average molecular weight is 272 g/mol. The smallest absolute Gasteiger partial charge is 0.410 e. The molecule has 1 aliphatic rings. The summed E-state index contributed by atoms with van der Waals surface area (Å²) in [7, 11) is 0. The van der Waals surface area contributed by atoms with E-state index in [9.17, 15) is 14.7 Å². The fraction of sp³-hybridized carbons (Fsp3) is 0.846. The van der Waals surface area contributed by atoms with Gasteiger partial charge in [0, 0.05) is 19.1 Å². The predicted octanol–water partition coefficient (Wildman–Crippen LogP) is 1.31. The second-order valence-corrected chi connectivity index (χ2v) is 5.82. The van der Waals surface area contributed by atoms with Gasteiger partial charge in [0.15, 0.2) is 0 Å². The van der Waals surface area contributed by atoms with Gasteiger partial charge in [-0.2, -0.15) is 0 Å². The number of nitrogens with zero attached hydrogens (tertiary/aromatic N) is 1. The molecule has 1 heterocycles. The molecule has 2 atom stereocenters. The summed E-state index contributed by atoms with van der Waals surface area (Å²) in [6.07, 6.45) is 0.0749. The van der Waals surface area contributed by atoms with E-state index >= 15 is 0 Å². The molecule has 0 bridgehead atoms. The number of carboxylic acid groups (broad SMARTS) is 1. The second-order valence-electron chi connectivity index (χ2n) is 5.82. The van der Waals surface area contributed by atoms with E-state index in [1.165, 1.54) is 0 Å². The molecular formula is C13H24N2O4. The number of amides is 1. The number of carboxylic acids is 1. The molecule has 2 unspecified atom stereocenters. The lowest BCUT2D eigenvalue weighted by Crippen LogP contribution is -2.55. The third-order valence-electron chi connectivity index (χ3n) is 3.05. The number of likely N-dealkylation sites (N-methyl/N-ethyl adjacent to an activating group) is 1. The molecule has 2 N–H and O–H groups in total. The number of likely N-dealkylation sites (tertiary alicyclic amines) is 1. The molecule has 110 valence electrons. The van der Waals surface area contributed by atoms with Gasteiger partial charge in [0.2, 0.25) is 0 Å². The monoisotopic (exact) mass is 272 g/mol. The summed E-state index contributed by atoms with van der Waals surface area (Å²) in [4.78, 5) is 24.7. The zero-order valence-corrected chi connectivity index (χ0v) is 12.1. The molecule has 0 radical (unpaired) electrons. The molecule has 1 aliphatic heterocycles. The minimum Gasteiger partial charge on any atom is -0.481 e. The summed E-state index contributed by atoms with van der Waals surface area (Å²) < 4.78 is 5.31. The van der Waals surface area contributed by atoms with E-state index in [1.54, 1.807) is 4.90 Å². The van der Waals surface area contributed by atoms with Crippen LogP contribution in [0.2, 0.25) is 0 Å². The number of carbonyl (C=O) groups is 2. The highest BCUT2D eigenvalue weighted by Gasteiger charge is 2.36. The summed E-state index contributed by atoms with van der Waals surface area (Å²) in [6.45, 7) is 8.85. The number of carbonyl (C=O) groups excluding carboxylic acids is 1. The molecule has 6 nitrogen and oxygen atoms in total. The number of ether oxygens (including phenoxy) is 1. The maximum absolute atomic E-state index is 12.0. The molecule has 0 spiro atoms. The number of rotatable bonds is 3. The van der Waals surface area contributed by atoms with E-state index in [2.05, 4.69) is 5.32 Å². The van der Waals surface area contributed by atoms with E-state index < -0.39 is 17.5 Å². The van der Waals surface area contributed by atoms with E-state index in [0.717, 1.165) is 0 Å². The number of hydrogen-bond acceptors (Lipinski definition) is 4. The Morgan fingerprint density at radius 3 is 2.53 bits per heavy atom. The largest absolute Gasteiger partial charge is 0.481 e. The van der Waals surface area contributed by atoms with Crippen LogP contribution in [0.1, 0.15) is 34.1 Å². The van der Waals surface area contributed by atoms with Crippen LogP contribution in [0, 0.1) is 5.92 Å². The Hall–Kier alpha value is -1.30. The summed E-state index contributed by atoms with van der Waals surface area (Å²) in [6, 6.07) is -0.219. The highest BCUT2D eigenvalue weighted by Crippen LogP contribution is 2.20. The molecule has 0 aromatic heterocycles. The van der Waals surface area contributed by atoms with Crippen molar-refractivity contribution >= 4 is 12.1 Å². The highest BCUT2D eigenvalue weighted by molar-refractivity contribution is 5.73. The third kappa shape index (κ3) is 4.70. The first-order chi connectivity index (χ1) is 8.74. The van der Waals surface area contributed by atoms with Gasteiger partial charge in [-0.1, -0.05) is 6.92 Å². The van der Waals surface area contributed by atoms with E-state index in [0.29, 0.717) is 26.1 Å². The van der Waals surface area contributed by atoms with Gasteiger partial charge in [0.05, 0.1) is 5.92 Å². The van der Waals surface area contributed by atoms with Crippen LogP contribution >= 0.6 is 0 Å². The standard InChI is InChI=1S/C13H24N2O4/c1-5-14-10-8-15(7-6-9(10)11(16)17)12(18)19-13(2,3)4/h9-10,14H,5-8H2,1-4H3,(H,16,17). The van der Waals surface area contributed by atoms with Crippen molar-refractivity contribution < 1.29 is 19.4 Å². The predicted molar refractivity (Wildman–Crippen MR) is 71.0 cm³/mol. The third-order valence-corrected chi connectivity index (χ3v) is 3.05. The fourth-order valence-corrected chi connectivity index (χ4v) is 2.21. The Kier molecular flexibility index (Phi) is 5.17. The van der Waals surface area contributed by atoms with Gasteiger partial charge in [0.25, 0.3) is 0 Å². The second kappa shape index (κ2) is 6.23. The van der Waals surface area contributed by atoms with Crippen LogP contribution in [0.4, 0.5) is 4.79 Å². The highest BCUT2D eigenvalue weighted by atomic mass is 16.6. The molecule has 0 aliphatic carbocycles. The summed E-state index contributed by atoms with van der Waals surface area (Å²) in [5.74, 6) is -1.26. The van der Waals surface area contributed by atoms with Gasteiger partial charge in [0.1, 0.15) is 5.60 Å². The quantitative estimate of drug-likeness (QED) is 0.809. The van der Waals surface area contributed by atoms with Crippen LogP contribution in [0.15, 0.2) is 0 Å². The van der Waals surface area contributed by atoms with E-state index in [4.69, 9.17) is 4.74 Å². The van der Waals surface area contributed by atoms with Crippen molar-refractivity contribution in [3.8, 4) is 0 Å². The van der Waals surface area contributed by atoms with Crippen LogP contribution in [0.25, 0.3) is 0 Å². The number of nitrogens with one attached hydrogen (secondary N) is 1. The van der Waals surface area contributed by atoms with Gasteiger partial charge >= 0.3 is 12.1 Å². The van der Waals surface area contributed by atoms with Crippen molar-refractivity contribution in [3.05, 3.63) is 0 Å². The van der Waals surface area contributed by atoms with Crippen LogP contribution in [-0.2, 0) is 9.53 Å². The lowest BCUT2D eigenvalue weighted by atomic mass is 9.92. The zero-order chi connectivity index (χ0) is 14.6. The average Bonchev–Trinajstić information content (AvgIpc) is 2.26. The Balaban J connectivity index is 2.65. The minimum absolute atomic E-state index is 0.219. The number of piperidine rings is 1. The van der Waals surface area contributed by atoms with Crippen molar-refractivity contribution in [2.24, 2.45) is 5.92 Å². The molecular weight excluding hydrogens is 248 g/mol. The summed E-state index contributed by atoms with van der Waals surface area (Å²) in [5, 5.41) is 12.3. The van der Waals surface area contributed by atoms with Crippen molar-refractivity contribution in [2.75, 3.05) is 19.6 Å². The Bertz CT molecular complexity index is 338.